The smallest absolute Gasteiger partial charge is 0.243 e. The van der Waals surface area contributed by atoms with E-state index in [1.807, 2.05) is 31.2 Å². The lowest BCUT2D eigenvalue weighted by molar-refractivity contribution is 0.252. The van der Waals surface area contributed by atoms with Gasteiger partial charge in [0.1, 0.15) is 5.03 Å². The first-order valence-corrected chi connectivity index (χ1v) is 11.4. The quantitative estimate of drug-likeness (QED) is 0.688. The van der Waals surface area contributed by atoms with Gasteiger partial charge in [-0.05, 0) is 38.0 Å². The van der Waals surface area contributed by atoms with Crippen LogP contribution in [-0.4, -0.2) is 29.5 Å². The summed E-state index contributed by atoms with van der Waals surface area (Å²) in [6, 6.07) is 10.9. The van der Waals surface area contributed by atoms with Gasteiger partial charge in [-0.3, -0.25) is 0 Å². The van der Waals surface area contributed by atoms with E-state index in [2.05, 4.69) is 18.8 Å². The molecule has 1 saturated heterocycles. The number of benzene rings is 1. The number of rotatable bonds is 5. The number of thioether (sulfide) groups is 1. The number of hydrogen-bond donors (Lipinski definition) is 0. The highest BCUT2D eigenvalue weighted by molar-refractivity contribution is 7.99. The van der Waals surface area contributed by atoms with E-state index in [1.165, 1.54) is 0 Å². The summed E-state index contributed by atoms with van der Waals surface area (Å²) in [4.78, 5) is 4.91. The van der Waals surface area contributed by atoms with Gasteiger partial charge >= 0.3 is 0 Å². The molecule has 140 valence electrons. The molecule has 0 bridgehead atoms. The van der Waals surface area contributed by atoms with Crippen LogP contribution in [0.5, 0.6) is 0 Å². The Morgan fingerprint density at radius 2 is 1.88 bits per heavy atom. The maximum atomic E-state index is 13.3. The SMILES string of the molecule is Cc1ccc(S(=O)(=O)N2CCCCC2c2cccnc2SC(C)C)cc1. The lowest BCUT2D eigenvalue weighted by Gasteiger charge is -2.35. The van der Waals surface area contributed by atoms with Crippen LogP contribution >= 0.6 is 11.8 Å². The molecular weight excluding hydrogens is 364 g/mol. The van der Waals surface area contributed by atoms with E-state index >= 15 is 0 Å². The molecule has 1 aromatic carbocycles. The van der Waals surface area contributed by atoms with Crippen LogP contribution in [0.25, 0.3) is 0 Å². The van der Waals surface area contributed by atoms with Gasteiger partial charge in [0.15, 0.2) is 0 Å². The van der Waals surface area contributed by atoms with Gasteiger partial charge in [0.05, 0.1) is 10.9 Å². The van der Waals surface area contributed by atoms with Gasteiger partial charge in [-0.1, -0.05) is 44.0 Å². The Bertz CT molecular complexity index is 848. The normalized spacial score (nSPS) is 19.0. The highest BCUT2D eigenvalue weighted by Gasteiger charge is 2.35. The lowest BCUT2D eigenvalue weighted by atomic mass is 9.99. The molecule has 4 nitrogen and oxygen atoms in total. The first kappa shape index (κ1) is 19.4. The standard InChI is InChI=1S/C20H26N2O2S2/c1-15(2)25-20-18(7-6-13-21-20)19-8-4-5-14-22(19)26(23,24)17-11-9-16(3)10-12-17/h6-7,9-13,15,19H,4-5,8,14H2,1-3H3. The summed E-state index contributed by atoms with van der Waals surface area (Å²) < 4.78 is 28.3. The number of piperidine rings is 1. The van der Waals surface area contributed by atoms with Crippen LogP contribution < -0.4 is 0 Å². The van der Waals surface area contributed by atoms with Crippen molar-refractivity contribution < 1.29 is 8.42 Å². The van der Waals surface area contributed by atoms with Crippen LogP contribution in [0.15, 0.2) is 52.5 Å². The molecule has 0 aliphatic carbocycles. The van der Waals surface area contributed by atoms with Crippen LogP contribution in [0.3, 0.4) is 0 Å². The summed E-state index contributed by atoms with van der Waals surface area (Å²) in [6.45, 7) is 6.78. The van der Waals surface area contributed by atoms with Crippen LogP contribution in [0, 0.1) is 6.92 Å². The zero-order valence-corrected chi connectivity index (χ0v) is 17.2. The highest BCUT2D eigenvalue weighted by atomic mass is 32.2. The van der Waals surface area contributed by atoms with E-state index in [9.17, 15) is 8.42 Å². The van der Waals surface area contributed by atoms with E-state index < -0.39 is 10.0 Å². The van der Waals surface area contributed by atoms with Gasteiger partial charge in [-0.15, -0.1) is 11.8 Å². The van der Waals surface area contributed by atoms with Crippen LogP contribution in [-0.2, 0) is 10.0 Å². The molecule has 1 aliphatic rings. The van der Waals surface area contributed by atoms with Crippen molar-refractivity contribution in [3.8, 4) is 0 Å². The number of sulfonamides is 1. The minimum Gasteiger partial charge on any atom is -0.250 e. The third-order valence-electron chi connectivity index (χ3n) is 4.59. The molecule has 1 fully saturated rings. The monoisotopic (exact) mass is 390 g/mol. The average Bonchev–Trinajstić information content (AvgIpc) is 2.62. The number of hydrogen-bond acceptors (Lipinski definition) is 4. The van der Waals surface area contributed by atoms with E-state index in [4.69, 9.17) is 0 Å². The molecule has 2 heterocycles. The maximum Gasteiger partial charge on any atom is 0.243 e. The molecule has 26 heavy (non-hydrogen) atoms. The second kappa shape index (κ2) is 8.11. The number of aromatic nitrogens is 1. The second-order valence-corrected chi connectivity index (χ2v) is 10.5. The fourth-order valence-corrected chi connectivity index (χ4v) is 5.91. The third kappa shape index (κ3) is 4.13. The van der Waals surface area contributed by atoms with Gasteiger partial charge in [-0.2, -0.15) is 4.31 Å². The van der Waals surface area contributed by atoms with Crippen LogP contribution in [0.1, 0.15) is 50.3 Å². The van der Waals surface area contributed by atoms with E-state index in [1.54, 1.807) is 34.4 Å². The fraction of sp³-hybridized carbons (Fsp3) is 0.450. The van der Waals surface area contributed by atoms with E-state index in [-0.39, 0.29) is 6.04 Å². The van der Waals surface area contributed by atoms with Gasteiger partial charge in [0.25, 0.3) is 0 Å². The summed E-state index contributed by atoms with van der Waals surface area (Å²) >= 11 is 1.70. The first-order valence-electron chi connectivity index (χ1n) is 9.09. The molecule has 6 heteroatoms. The fourth-order valence-electron chi connectivity index (χ4n) is 3.33. The molecule has 2 aromatic rings. The van der Waals surface area contributed by atoms with Crippen molar-refractivity contribution in [2.24, 2.45) is 0 Å². The molecule has 1 atom stereocenters. The largest absolute Gasteiger partial charge is 0.250 e. The second-order valence-electron chi connectivity index (χ2n) is 7.00. The Labute approximate surface area is 161 Å². The summed E-state index contributed by atoms with van der Waals surface area (Å²) in [7, 11) is -3.53. The molecule has 0 saturated carbocycles. The molecule has 1 aromatic heterocycles. The van der Waals surface area contributed by atoms with Crippen molar-refractivity contribution in [2.75, 3.05) is 6.54 Å². The van der Waals surface area contributed by atoms with Crippen molar-refractivity contribution in [3.63, 3.8) is 0 Å². The van der Waals surface area contributed by atoms with E-state index in [0.717, 1.165) is 35.4 Å². The predicted molar refractivity (Wildman–Crippen MR) is 107 cm³/mol. The van der Waals surface area contributed by atoms with Gasteiger partial charge in [-0.25, -0.2) is 13.4 Å². The van der Waals surface area contributed by atoms with E-state index in [0.29, 0.717) is 16.7 Å². The third-order valence-corrected chi connectivity index (χ3v) is 7.55. The molecule has 0 N–H and O–H groups in total. The number of nitrogens with zero attached hydrogens (tertiary/aromatic N) is 2. The molecule has 3 rings (SSSR count). The van der Waals surface area contributed by atoms with Crippen molar-refractivity contribution >= 4 is 21.8 Å². The Morgan fingerprint density at radius 1 is 1.15 bits per heavy atom. The topological polar surface area (TPSA) is 50.3 Å². The van der Waals surface area contributed by atoms with Crippen LogP contribution in [0.4, 0.5) is 0 Å². The van der Waals surface area contributed by atoms with Crippen molar-refractivity contribution in [2.45, 2.75) is 61.2 Å². The van der Waals surface area contributed by atoms with Crippen molar-refractivity contribution in [3.05, 3.63) is 53.7 Å². The number of aryl methyl sites for hydroxylation is 1. The Morgan fingerprint density at radius 3 is 2.58 bits per heavy atom. The highest BCUT2D eigenvalue weighted by Crippen LogP contribution is 2.39. The summed E-state index contributed by atoms with van der Waals surface area (Å²) in [5.41, 5.74) is 2.09. The first-order chi connectivity index (χ1) is 12.4. The van der Waals surface area contributed by atoms with Crippen molar-refractivity contribution in [1.82, 2.24) is 9.29 Å². The summed E-state index contributed by atoms with van der Waals surface area (Å²) in [5.74, 6) is 0. The Hall–Kier alpha value is -1.37. The average molecular weight is 391 g/mol. The zero-order chi connectivity index (χ0) is 18.7. The minimum absolute atomic E-state index is 0.148. The molecule has 1 unspecified atom stereocenters. The maximum absolute atomic E-state index is 13.3. The van der Waals surface area contributed by atoms with Gasteiger partial charge in [0.2, 0.25) is 10.0 Å². The Balaban J connectivity index is 2.00. The summed E-state index contributed by atoms with van der Waals surface area (Å²) in [5, 5.41) is 1.34. The molecular formula is C20H26N2O2S2. The Kier molecular flexibility index (Phi) is 6.05. The zero-order valence-electron chi connectivity index (χ0n) is 15.6. The molecule has 0 spiro atoms. The lowest BCUT2D eigenvalue weighted by Crippen LogP contribution is -2.38. The minimum atomic E-state index is -3.53. The van der Waals surface area contributed by atoms with Gasteiger partial charge in [0, 0.05) is 23.6 Å². The molecule has 0 amide bonds. The summed E-state index contributed by atoms with van der Waals surface area (Å²) in [6.07, 6.45) is 4.55. The molecule has 0 radical (unpaired) electrons. The number of pyridine rings is 1. The van der Waals surface area contributed by atoms with Crippen LogP contribution in [0.2, 0.25) is 0 Å². The molecule has 1 aliphatic heterocycles. The predicted octanol–water partition coefficient (Wildman–Crippen LogP) is 4.81. The van der Waals surface area contributed by atoms with Crippen molar-refractivity contribution in [1.29, 1.82) is 0 Å². The van der Waals surface area contributed by atoms with Gasteiger partial charge < -0.3 is 0 Å².